The molecule has 0 heterocycles. The number of amides is 3. The predicted octanol–water partition coefficient (Wildman–Crippen LogP) is -3.04. The average Bonchev–Trinajstić information content (AvgIpc) is 2.80. The minimum atomic E-state index is -1.53. The number of carbonyl (C=O) groups is 5. The summed E-state index contributed by atoms with van der Waals surface area (Å²) in [6, 6.07) is 1.48. The van der Waals surface area contributed by atoms with Crippen LogP contribution in [0.1, 0.15) is 24.8 Å². The fraction of sp³-hybridized carbons (Fsp3) is 0.429. The van der Waals surface area contributed by atoms with Crippen molar-refractivity contribution in [1.29, 1.82) is 0 Å². The van der Waals surface area contributed by atoms with Crippen LogP contribution < -0.4 is 33.2 Å². The molecule has 0 saturated heterocycles. The summed E-state index contributed by atoms with van der Waals surface area (Å²) in [5.74, 6) is -5.57. The van der Waals surface area contributed by atoms with Crippen LogP contribution in [0.3, 0.4) is 0 Å². The third-order valence-electron chi connectivity index (χ3n) is 4.78. The number of rotatable bonds is 15. The van der Waals surface area contributed by atoms with Gasteiger partial charge in [-0.25, -0.2) is 4.79 Å². The molecular weight excluding hydrogens is 478 g/mol. The van der Waals surface area contributed by atoms with Crippen LogP contribution in [-0.2, 0) is 30.4 Å². The molecule has 0 aromatic heterocycles. The number of aliphatic carboxylic acids is 2. The summed E-state index contributed by atoms with van der Waals surface area (Å²) in [6.45, 7) is -0.399. The molecule has 3 unspecified atom stereocenters. The molecule has 0 aliphatic rings. The van der Waals surface area contributed by atoms with E-state index in [0.717, 1.165) is 0 Å². The van der Waals surface area contributed by atoms with Gasteiger partial charge in [0, 0.05) is 13.0 Å². The normalized spacial score (nSPS) is 12.9. The average molecular weight is 510 g/mol. The number of nitrogens with zero attached hydrogens (tertiary/aromatic N) is 1. The number of guanidine groups is 1. The first kappa shape index (κ1) is 29.6. The molecule has 0 fully saturated rings. The standard InChI is InChI=1S/C21H31N7O8/c22-10-16(30)26-14(9-17(31)32)19(34)27-13(2-1-7-25-21(23)24)18(33)28-15(20(35)36)8-11-3-5-12(29)6-4-11/h3-6,13-15,29H,1-2,7-10,22H2,(H,26,30)(H,27,34)(H,28,33)(H,31,32)(H,35,36)(H4,23,24,25). The lowest BCUT2D eigenvalue weighted by Crippen LogP contribution is -2.56. The summed E-state index contributed by atoms with van der Waals surface area (Å²) >= 11 is 0. The van der Waals surface area contributed by atoms with Crippen LogP contribution in [0.15, 0.2) is 29.3 Å². The van der Waals surface area contributed by atoms with E-state index in [9.17, 15) is 34.2 Å². The molecule has 1 aromatic rings. The van der Waals surface area contributed by atoms with Crippen molar-refractivity contribution in [2.45, 2.75) is 43.8 Å². The third-order valence-corrected chi connectivity index (χ3v) is 4.78. The molecule has 3 amide bonds. The van der Waals surface area contributed by atoms with Gasteiger partial charge < -0.3 is 48.5 Å². The highest BCUT2D eigenvalue weighted by Gasteiger charge is 2.30. The van der Waals surface area contributed by atoms with Crippen molar-refractivity contribution in [3.05, 3.63) is 29.8 Å². The summed E-state index contributed by atoms with van der Waals surface area (Å²) < 4.78 is 0. The lowest BCUT2D eigenvalue weighted by molar-refractivity contribution is -0.143. The highest BCUT2D eigenvalue weighted by molar-refractivity contribution is 5.95. The van der Waals surface area contributed by atoms with E-state index in [4.69, 9.17) is 22.3 Å². The maximum atomic E-state index is 13.0. The van der Waals surface area contributed by atoms with E-state index < -0.39 is 60.8 Å². The van der Waals surface area contributed by atoms with E-state index in [2.05, 4.69) is 20.9 Å². The number of carbonyl (C=O) groups excluding carboxylic acids is 3. The van der Waals surface area contributed by atoms with Gasteiger partial charge in [0.05, 0.1) is 13.0 Å². The zero-order valence-corrected chi connectivity index (χ0v) is 19.3. The highest BCUT2D eigenvalue weighted by Crippen LogP contribution is 2.12. The van der Waals surface area contributed by atoms with Gasteiger partial charge in [-0.15, -0.1) is 0 Å². The molecule has 0 radical (unpaired) electrons. The molecular formula is C21H31N7O8. The van der Waals surface area contributed by atoms with Crippen molar-refractivity contribution in [2.24, 2.45) is 22.2 Å². The van der Waals surface area contributed by atoms with Gasteiger partial charge in [0.25, 0.3) is 0 Å². The third kappa shape index (κ3) is 11.1. The quantitative estimate of drug-likeness (QED) is 0.0651. The van der Waals surface area contributed by atoms with Crippen molar-refractivity contribution in [1.82, 2.24) is 16.0 Å². The predicted molar refractivity (Wildman–Crippen MR) is 126 cm³/mol. The smallest absolute Gasteiger partial charge is 0.326 e. The Kier molecular flexibility index (Phi) is 12.2. The van der Waals surface area contributed by atoms with Crippen LogP contribution in [0.2, 0.25) is 0 Å². The minimum Gasteiger partial charge on any atom is -0.508 e. The van der Waals surface area contributed by atoms with Gasteiger partial charge in [-0.3, -0.25) is 24.2 Å². The topological polar surface area (TPSA) is 273 Å². The number of hydrogen-bond donors (Lipinski definition) is 9. The summed E-state index contributed by atoms with van der Waals surface area (Å²) in [5.41, 5.74) is 16.3. The Morgan fingerprint density at radius 3 is 2.00 bits per heavy atom. The maximum absolute atomic E-state index is 13.0. The first-order valence-electron chi connectivity index (χ1n) is 10.8. The van der Waals surface area contributed by atoms with Gasteiger partial charge in [-0.2, -0.15) is 0 Å². The number of phenols is 1. The second-order valence-electron chi connectivity index (χ2n) is 7.70. The molecule has 1 aromatic carbocycles. The van der Waals surface area contributed by atoms with Gasteiger partial charge >= 0.3 is 11.9 Å². The number of aromatic hydroxyl groups is 1. The number of carboxylic acids is 2. The lowest BCUT2D eigenvalue weighted by atomic mass is 10.0. The number of carboxylic acid groups (broad SMARTS) is 2. The Hall–Kier alpha value is -4.40. The maximum Gasteiger partial charge on any atom is 0.326 e. The number of nitrogens with one attached hydrogen (secondary N) is 3. The molecule has 36 heavy (non-hydrogen) atoms. The molecule has 15 heteroatoms. The van der Waals surface area contributed by atoms with Gasteiger partial charge in [0.1, 0.15) is 23.9 Å². The van der Waals surface area contributed by atoms with Crippen molar-refractivity contribution in [3.8, 4) is 5.75 Å². The Bertz CT molecular complexity index is 964. The number of benzene rings is 1. The fourth-order valence-electron chi connectivity index (χ4n) is 3.02. The van der Waals surface area contributed by atoms with Crippen LogP contribution in [0.25, 0.3) is 0 Å². The summed E-state index contributed by atoms with van der Waals surface area (Å²) in [6.07, 6.45) is -0.738. The molecule has 0 bridgehead atoms. The number of phenolic OH excluding ortho intramolecular Hbond substituents is 1. The van der Waals surface area contributed by atoms with Crippen molar-refractivity contribution < 1.29 is 39.3 Å². The second-order valence-corrected chi connectivity index (χ2v) is 7.70. The minimum absolute atomic E-state index is 0.0177. The van der Waals surface area contributed by atoms with Crippen LogP contribution in [-0.4, -0.2) is 82.2 Å². The summed E-state index contributed by atoms with van der Waals surface area (Å²) in [5, 5.41) is 34.9. The molecule has 0 saturated carbocycles. The summed E-state index contributed by atoms with van der Waals surface area (Å²) in [4.78, 5) is 63.9. The second kappa shape index (κ2) is 14.8. The molecule has 0 aliphatic carbocycles. The number of aliphatic imine (C=N–C) groups is 1. The molecule has 0 aliphatic heterocycles. The van der Waals surface area contributed by atoms with Crippen molar-refractivity contribution >= 4 is 35.6 Å². The molecule has 3 atom stereocenters. The first-order chi connectivity index (χ1) is 16.9. The van der Waals surface area contributed by atoms with Crippen LogP contribution >= 0.6 is 0 Å². The van der Waals surface area contributed by atoms with E-state index in [1.807, 2.05) is 0 Å². The number of nitrogens with two attached hydrogens (primary N) is 3. The molecule has 0 spiro atoms. The Balaban J connectivity index is 3.04. The Morgan fingerprint density at radius 2 is 1.47 bits per heavy atom. The molecule has 1 rings (SSSR count). The van der Waals surface area contributed by atoms with Crippen LogP contribution in [0.4, 0.5) is 0 Å². The number of hydrogen-bond acceptors (Lipinski definition) is 8. The Morgan fingerprint density at radius 1 is 0.889 bits per heavy atom. The SMILES string of the molecule is NCC(=O)NC(CC(=O)O)C(=O)NC(CCCN=C(N)N)C(=O)NC(Cc1ccc(O)cc1)C(=O)O. The summed E-state index contributed by atoms with van der Waals surface area (Å²) in [7, 11) is 0. The van der Waals surface area contributed by atoms with Gasteiger partial charge in [0.2, 0.25) is 17.7 Å². The monoisotopic (exact) mass is 509 g/mol. The van der Waals surface area contributed by atoms with E-state index in [1.54, 1.807) is 0 Å². The van der Waals surface area contributed by atoms with Crippen molar-refractivity contribution in [2.75, 3.05) is 13.1 Å². The van der Waals surface area contributed by atoms with E-state index in [1.165, 1.54) is 24.3 Å². The van der Waals surface area contributed by atoms with Gasteiger partial charge in [-0.05, 0) is 30.5 Å². The largest absolute Gasteiger partial charge is 0.508 e. The highest BCUT2D eigenvalue weighted by atomic mass is 16.4. The molecule has 15 nitrogen and oxygen atoms in total. The van der Waals surface area contributed by atoms with Crippen LogP contribution in [0.5, 0.6) is 5.75 Å². The molecule has 198 valence electrons. The van der Waals surface area contributed by atoms with E-state index in [0.29, 0.717) is 5.56 Å². The van der Waals surface area contributed by atoms with E-state index in [-0.39, 0.29) is 37.5 Å². The zero-order chi connectivity index (χ0) is 27.3. The Labute approximate surface area is 206 Å². The van der Waals surface area contributed by atoms with Crippen molar-refractivity contribution in [3.63, 3.8) is 0 Å². The van der Waals surface area contributed by atoms with E-state index >= 15 is 0 Å². The van der Waals surface area contributed by atoms with Crippen LogP contribution in [0, 0.1) is 0 Å². The molecule has 12 N–H and O–H groups in total. The lowest BCUT2D eigenvalue weighted by Gasteiger charge is -2.24. The zero-order valence-electron chi connectivity index (χ0n) is 19.3. The van der Waals surface area contributed by atoms with Gasteiger partial charge in [-0.1, -0.05) is 12.1 Å². The fourth-order valence-corrected chi connectivity index (χ4v) is 3.02. The van der Waals surface area contributed by atoms with Gasteiger partial charge in [0.15, 0.2) is 5.96 Å². The first-order valence-corrected chi connectivity index (χ1v) is 10.8.